The summed E-state index contributed by atoms with van der Waals surface area (Å²) in [4.78, 5) is 22.7. The van der Waals surface area contributed by atoms with Gasteiger partial charge in [0.15, 0.2) is 5.13 Å². The minimum absolute atomic E-state index is 0.203. The number of piperidine rings is 1. The predicted octanol–water partition coefficient (Wildman–Crippen LogP) is 5.67. The molecule has 1 aliphatic heterocycles. The largest absolute Gasteiger partial charge is 0.302 e. The average Bonchev–Trinajstić information content (AvgIpc) is 3.30. The first-order valence-electron chi connectivity index (χ1n) is 12.8. The van der Waals surface area contributed by atoms with Crippen molar-refractivity contribution in [3.8, 4) is 0 Å². The van der Waals surface area contributed by atoms with Crippen LogP contribution in [0.5, 0.6) is 0 Å². The second-order valence-electron chi connectivity index (χ2n) is 9.68. The van der Waals surface area contributed by atoms with E-state index in [2.05, 4.69) is 25.7 Å². The van der Waals surface area contributed by atoms with Gasteiger partial charge in [-0.25, -0.2) is 13.4 Å². The van der Waals surface area contributed by atoms with Gasteiger partial charge >= 0.3 is 0 Å². The molecule has 0 saturated carbocycles. The summed E-state index contributed by atoms with van der Waals surface area (Å²) in [5.41, 5.74) is 2.23. The number of fused-ring (bicyclic) bond motifs is 1. The van der Waals surface area contributed by atoms with Gasteiger partial charge in [-0.1, -0.05) is 43.7 Å². The molecule has 0 N–H and O–H groups in total. The van der Waals surface area contributed by atoms with E-state index in [1.165, 1.54) is 11.3 Å². The fourth-order valence-electron chi connectivity index (χ4n) is 4.76. The predicted molar refractivity (Wildman–Crippen MR) is 152 cm³/mol. The van der Waals surface area contributed by atoms with E-state index in [4.69, 9.17) is 16.6 Å². The molecule has 2 heterocycles. The molecule has 0 spiro atoms. The second kappa shape index (κ2) is 11.8. The SMILES string of the molecule is CCN(CC)CCN(C(=O)c1ccc(S(=O)(=O)N2CCCC(C)C2)cc1)c1nc2c(C)cc(Cl)cc2s1. The van der Waals surface area contributed by atoms with Crippen LogP contribution >= 0.6 is 22.9 Å². The van der Waals surface area contributed by atoms with Crippen molar-refractivity contribution in [3.63, 3.8) is 0 Å². The normalized spacial score (nSPS) is 17.0. The highest BCUT2D eigenvalue weighted by atomic mass is 35.5. The molecule has 1 aliphatic rings. The molecule has 0 aliphatic carbocycles. The highest BCUT2D eigenvalue weighted by molar-refractivity contribution is 7.89. The lowest BCUT2D eigenvalue weighted by Gasteiger charge is -2.30. The molecule has 1 saturated heterocycles. The molecule has 3 aromatic rings. The van der Waals surface area contributed by atoms with Gasteiger partial charge in [0, 0.05) is 36.8 Å². The fraction of sp³-hybridized carbons (Fsp3) is 0.481. The summed E-state index contributed by atoms with van der Waals surface area (Å²) in [6.45, 7) is 12.2. The highest BCUT2D eigenvalue weighted by Gasteiger charge is 2.29. The van der Waals surface area contributed by atoms with Gasteiger partial charge in [0.2, 0.25) is 10.0 Å². The standard InChI is InChI=1S/C27H35ClN4O3S2/c1-5-30(6-2)14-15-32(27-29-25-20(4)16-22(28)17-24(25)36-27)26(33)21-9-11-23(12-10-21)37(34,35)31-13-7-8-19(3)18-31/h9-12,16-17,19H,5-8,13-15,18H2,1-4H3. The van der Waals surface area contributed by atoms with Gasteiger partial charge < -0.3 is 4.90 Å². The van der Waals surface area contributed by atoms with Crippen molar-refractivity contribution in [2.24, 2.45) is 5.92 Å². The van der Waals surface area contributed by atoms with Crippen molar-refractivity contribution >= 4 is 54.2 Å². The summed E-state index contributed by atoms with van der Waals surface area (Å²) in [5, 5.41) is 1.25. The van der Waals surface area contributed by atoms with Crippen LogP contribution in [0.4, 0.5) is 5.13 Å². The minimum atomic E-state index is -3.59. The van der Waals surface area contributed by atoms with Crippen LogP contribution in [0.25, 0.3) is 10.2 Å². The van der Waals surface area contributed by atoms with Gasteiger partial charge in [0.25, 0.3) is 5.91 Å². The van der Waals surface area contributed by atoms with Gasteiger partial charge in [0.1, 0.15) is 0 Å². The zero-order valence-corrected chi connectivity index (χ0v) is 24.3. The first kappa shape index (κ1) is 28.0. The number of rotatable bonds is 9. The quantitative estimate of drug-likeness (QED) is 0.336. The number of likely N-dealkylation sites (N-methyl/N-ethyl adjacent to an activating group) is 1. The number of hydrogen-bond acceptors (Lipinski definition) is 6. The molecule has 1 amide bonds. The molecule has 1 unspecified atom stereocenters. The van der Waals surface area contributed by atoms with E-state index in [1.807, 2.05) is 19.1 Å². The number of carbonyl (C=O) groups excluding carboxylic acids is 1. The highest BCUT2D eigenvalue weighted by Crippen LogP contribution is 2.34. The number of carbonyl (C=O) groups is 1. The Balaban J connectivity index is 1.63. The van der Waals surface area contributed by atoms with Crippen molar-refractivity contribution in [1.82, 2.24) is 14.2 Å². The molecular weight excluding hydrogens is 528 g/mol. The van der Waals surface area contributed by atoms with Gasteiger partial charge in [-0.3, -0.25) is 9.69 Å². The Kier molecular flexibility index (Phi) is 8.91. The molecule has 10 heteroatoms. The lowest BCUT2D eigenvalue weighted by Crippen LogP contribution is -2.39. The van der Waals surface area contributed by atoms with E-state index < -0.39 is 10.0 Å². The lowest BCUT2D eigenvalue weighted by molar-refractivity contribution is 0.0983. The van der Waals surface area contributed by atoms with Crippen LogP contribution in [0, 0.1) is 12.8 Å². The van der Waals surface area contributed by atoms with Gasteiger partial charge in [-0.15, -0.1) is 0 Å². The maximum absolute atomic E-state index is 13.8. The van der Waals surface area contributed by atoms with Crippen molar-refractivity contribution in [3.05, 3.63) is 52.5 Å². The van der Waals surface area contributed by atoms with E-state index in [0.717, 1.165) is 41.7 Å². The second-order valence-corrected chi connectivity index (χ2v) is 13.1. The van der Waals surface area contributed by atoms with Crippen LogP contribution in [-0.4, -0.2) is 67.8 Å². The van der Waals surface area contributed by atoms with E-state index in [0.29, 0.717) is 47.8 Å². The number of halogens is 1. The molecule has 37 heavy (non-hydrogen) atoms. The van der Waals surface area contributed by atoms with Crippen molar-refractivity contribution < 1.29 is 13.2 Å². The Bertz CT molecular complexity index is 1350. The average molecular weight is 563 g/mol. The van der Waals surface area contributed by atoms with E-state index >= 15 is 0 Å². The summed E-state index contributed by atoms with van der Waals surface area (Å²) in [7, 11) is -3.59. The zero-order chi connectivity index (χ0) is 26.7. The topological polar surface area (TPSA) is 73.8 Å². The van der Waals surface area contributed by atoms with Crippen molar-refractivity contribution in [2.45, 2.75) is 45.4 Å². The van der Waals surface area contributed by atoms with Crippen molar-refractivity contribution in [2.75, 3.05) is 44.2 Å². The Hall–Kier alpha value is -2.04. The van der Waals surface area contributed by atoms with E-state index in [-0.39, 0.29) is 10.8 Å². The van der Waals surface area contributed by atoms with Crippen LogP contribution in [0.2, 0.25) is 5.02 Å². The number of hydrogen-bond donors (Lipinski definition) is 0. The third kappa shape index (κ3) is 6.17. The maximum atomic E-state index is 13.8. The lowest BCUT2D eigenvalue weighted by atomic mass is 10.0. The van der Waals surface area contributed by atoms with E-state index in [9.17, 15) is 13.2 Å². The molecule has 1 fully saturated rings. The molecule has 0 bridgehead atoms. The monoisotopic (exact) mass is 562 g/mol. The third-order valence-corrected chi connectivity index (χ3v) is 10.1. The number of aryl methyl sites for hydroxylation is 1. The first-order valence-corrected chi connectivity index (χ1v) is 15.5. The molecular formula is C27H35ClN4O3S2. The van der Waals surface area contributed by atoms with Crippen LogP contribution in [-0.2, 0) is 10.0 Å². The third-order valence-electron chi connectivity index (χ3n) is 7.01. The number of thiazole rings is 1. The molecule has 7 nitrogen and oxygen atoms in total. The van der Waals surface area contributed by atoms with Crippen LogP contribution in [0.3, 0.4) is 0 Å². The van der Waals surface area contributed by atoms with Gasteiger partial charge in [0.05, 0.1) is 15.1 Å². The Morgan fingerprint density at radius 1 is 1.16 bits per heavy atom. The minimum Gasteiger partial charge on any atom is -0.302 e. The summed E-state index contributed by atoms with van der Waals surface area (Å²) in [5.74, 6) is 0.140. The molecule has 1 aromatic heterocycles. The van der Waals surface area contributed by atoms with Gasteiger partial charge in [-0.05, 0) is 80.7 Å². The first-order chi connectivity index (χ1) is 17.6. The summed E-state index contributed by atoms with van der Waals surface area (Å²) >= 11 is 7.70. The molecule has 2 aromatic carbocycles. The van der Waals surface area contributed by atoms with Gasteiger partial charge in [-0.2, -0.15) is 4.31 Å². The fourth-order valence-corrected chi connectivity index (χ4v) is 7.81. The van der Waals surface area contributed by atoms with Crippen LogP contribution in [0.1, 0.15) is 49.5 Å². The maximum Gasteiger partial charge on any atom is 0.260 e. The number of nitrogens with zero attached hydrogens (tertiary/aromatic N) is 4. The summed E-state index contributed by atoms with van der Waals surface area (Å²) in [6.07, 6.45) is 1.91. The molecule has 4 rings (SSSR count). The number of sulfonamides is 1. The number of anilines is 1. The zero-order valence-electron chi connectivity index (χ0n) is 21.9. The number of amides is 1. The van der Waals surface area contributed by atoms with Crippen LogP contribution in [0.15, 0.2) is 41.3 Å². The Morgan fingerprint density at radius 2 is 1.86 bits per heavy atom. The molecule has 200 valence electrons. The summed E-state index contributed by atoms with van der Waals surface area (Å²) < 4.78 is 28.8. The Morgan fingerprint density at radius 3 is 2.51 bits per heavy atom. The molecule has 0 radical (unpaired) electrons. The smallest absolute Gasteiger partial charge is 0.260 e. The Labute approximate surface area is 229 Å². The summed E-state index contributed by atoms with van der Waals surface area (Å²) in [6, 6.07) is 10.1. The van der Waals surface area contributed by atoms with E-state index in [1.54, 1.807) is 33.5 Å². The molecule has 1 atom stereocenters. The van der Waals surface area contributed by atoms with Crippen LogP contribution < -0.4 is 4.90 Å². The van der Waals surface area contributed by atoms with Crippen molar-refractivity contribution in [1.29, 1.82) is 0 Å². The number of aromatic nitrogens is 1. The number of benzene rings is 2.